The summed E-state index contributed by atoms with van der Waals surface area (Å²) in [6.45, 7) is 7.19. The minimum Gasteiger partial charge on any atom is -0.351 e. The number of carbonyl (C=O) groups is 1. The third-order valence-corrected chi connectivity index (χ3v) is 4.67. The predicted molar refractivity (Wildman–Crippen MR) is 87.5 cm³/mol. The zero-order valence-electron chi connectivity index (χ0n) is 13.7. The Bertz CT molecular complexity index is 599. The molecule has 1 aliphatic heterocycles. The number of rotatable bonds is 7. The summed E-state index contributed by atoms with van der Waals surface area (Å²) in [4.78, 5) is 28.8. The zero-order valence-corrected chi connectivity index (χ0v) is 14.5. The van der Waals surface area contributed by atoms with Crippen LogP contribution in [-0.4, -0.2) is 47.3 Å². The molecule has 1 aromatic rings. The van der Waals surface area contributed by atoms with Gasteiger partial charge in [-0.2, -0.15) is 0 Å². The number of aryl methyl sites for hydroxylation is 1. The molecular formula is C15H23N3O4S. The third-order valence-electron chi connectivity index (χ3n) is 3.52. The second kappa shape index (κ2) is 8.47. The summed E-state index contributed by atoms with van der Waals surface area (Å²) in [5.41, 5.74) is 0.504. The second-order valence-electron chi connectivity index (χ2n) is 5.23. The van der Waals surface area contributed by atoms with Gasteiger partial charge in [-0.3, -0.25) is 14.2 Å². The number of carbonyl (C=O) groups excluding carboxylic acids is 1. The SMILES string of the molecule is CCOC(CNC(=O)C1CSc2ncc(C)c(=O)n2C1)OCC. The molecule has 128 valence electrons. The molecule has 1 amide bonds. The second-order valence-corrected chi connectivity index (χ2v) is 6.22. The maximum atomic E-state index is 12.3. The van der Waals surface area contributed by atoms with Crippen molar-refractivity contribution in [3.05, 3.63) is 22.1 Å². The topological polar surface area (TPSA) is 82.5 Å². The molecule has 1 aromatic heterocycles. The zero-order chi connectivity index (χ0) is 16.8. The molecule has 1 atom stereocenters. The first-order valence-electron chi connectivity index (χ1n) is 7.76. The third kappa shape index (κ3) is 4.55. The average molecular weight is 341 g/mol. The fourth-order valence-corrected chi connectivity index (χ4v) is 3.37. The molecule has 1 N–H and O–H groups in total. The van der Waals surface area contributed by atoms with Gasteiger partial charge in [-0.15, -0.1) is 0 Å². The molecule has 23 heavy (non-hydrogen) atoms. The van der Waals surface area contributed by atoms with E-state index >= 15 is 0 Å². The summed E-state index contributed by atoms with van der Waals surface area (Å²) < 4.78 is 12.4. The highest BCUT2D eigenvalue weighted by Gasteiger charge is 2.27. The largest absolute Gasteiger partial charge is 0.351 e. The molecular weight excluding hydrogens is 318 g/mol. The molecule has 0 fully saturated rings. The first kappa shape index (κ1) is 18.0. The number of hydrogen-bond acceptors (Lipinski definition) is 6. The number of nitrogens with zero attached hydrogens (tertiary/aromatic N) is 2. The Morgan fingerprint density at radius 3 is 2.83 bits per heavy atom. The molecule has 0 saturated carbocycles. The smallest absolute Gasteiger partial charge is 0.257 e. The Kier molecular flexibility index (Phi) is 6.61. The predicted octanol–water partition coefficient (Wildman–Crippen LogP) is 0.789. The van der Waals surface area contributed by atoms with E-state index in [0.717, 1.165) is 0 Å². The van der Waals surface area contributed by atoms with Crippen LogP contribution in [0.15, 0.2) is 16.1 Å². The number of fused-ring (bicyclic) bond motifs is 1. The highest BCUT2D eigenvalue weighted by Crippen LogP contribution is 2.24. The summed E-state index contributed by atoms with van der Waals surface area (Å²) in [6.07, 6.45) is 1.14. The summed E-state index contributed by atoms with van der Waals surface area (Å²) in [5, 5.41) is 3.52. The van der Waals surface area contributed by atoms with Crippen molar-refractivity contribution in [2.75, 3.05) is 25.5 Å². The lowest BCUT2D eigenvalue weighted by molar-refractivity contribution is -0.142. The molecule has 7 nitrogen and oxygen atoms in total. The van der Waals surface area contributed by atoms with Gasteiger partial charge in [0.05, 0.1) is 12.5 Å². The molecule has 0 radical (unpaired) electrons. The lowest BCUT2D eigenvalue weighted by Crippen LogP contribution is -2.43. The minimum absolute atomic E-state index is 0.0819. The molecule has 2 rings (SSSR count). The van der Waals surface area contributed by atoms with E-state index in [0.29, 0.717) is 42.8 Å². The van der Waals surface area contributed by atoms with E-state index in [1.165, 1.54) is 11.8 Å². The van der Waals surface area contributed by atoms with Crippen LogP contribution in [0.25, 0.3) is 0 Å². The highest BCUT2D eigenvalue weighted by molar-refractivity contribution is 7.99. The fraction of sp³-hybridized carbons (Fsp3) is 0.667. The van der Waals surface area contributed by atoms with E-state index in [-0.39, 0.29) is 17.4 Å². The maximum absolute atomic E-state index is 12.3. The van der Waals surface area contributed by atoms with Crippen LogP contribution >= 0.6 is 11.8 Å². The molecule has 0 spiro atoms. The van der Waals surface area contributed by atoms with Crippen molar-refractivity contribution in [2.45, 2.75) is 38.8 Å². The molecule has 0 aromatic carbocycles. The van der Waals surface area contributed by atoms with E-state index in [2.05, 4.69) is 10.3 Å². The first-order valence-corrected chi connectivity index (χ1v) is 8.75. The van der Waals surface area contributed by atoms with Crippen LogP contribution in [-0.2, 0) is 20.8 Å². The van der Waals surface area contributed by atoms with Gasteiger partial charge < -0.3 is 14.8 Å². The van der Waals surface area contributed by atoms with Crippen LogP contribution in [0, 0.1) is 12.8 Å². The summed E-state index contributed by atoms with van der Waals surface area (Å²) in [5.74, 6) is 0.244. The lowest BCUT2D eigenvalue weighted by atomic mass is 10.1. The number of aromatic nitrogens is 2. The van der Waals surface area contributed by atoms with Crippen LogP contribution in [0.3, 0.4) is 0 Å². The number of ether oxygens (including phenoxy) is 2. The van der Waals surface area contributed by atoms with Crippen molar-refractivity contribution in [3.63, 3.8) is 0 Å². The molecule has 2 heterocycles. The maximum Gasteiger partial charge on any atom is 0.257 e. The Balaban J connectivity index is 1.96. The minimum atomic E-state index is -0.441. The van der Waals surface area contributed by atoms with Crippen LogP contribution < -0.4 is 10.9 Å². The number of thioether (sulfide) groups is 1. The standard InChI is InChI=1S/C15H23N3O4S/c1-4-21-12(22-5-2)7-16-13(19)11-8-18-14(20)10(3)6-17-15(18)23-9-11/h6,11-12H,4-5,7-9H2,1-3H3,(H,16,19). The van der Waals surface area contributed by atoms with Gasteiger partial charge in [0.1, 0.15) is 0 Å². The molecule has 0 saturated heterocycles. The number of nitrogens with one attached hydrogen (secondary N) is 1. The number of hydrogen-bond donors (Lipinski definition) is 1. The van der Waals surface area contributed by atoms with Crippen LogP contribution in [0.4, 0.5) is 0 Å². The monoisotopic (exact) mass is 341 g/mol. The summed E-state index contributed by atoms with van der Waals surface area (Å²) in [6, 6.07) is 0. The molecule has 8 heteroatoms. The summed E-state index contributed by atoms with van der Waals surface area (Å²) >= 11 is 1.43. The average Bonchev–Trinajstić information content (AvgIpc) is 2.56. The molecule has 1 aliphatic rings. The summed E-state index contributed by atoms with van der Waals surface area (Å²) in [7, 11) is 0. The van der Waals surface area contributed by atoms with Crippen molar-refractivity contribution in [3.8, 4) is 0 Å². The van der Waals surface area contributed by atoms with Gasteiger partial charge in [0.15, 0.2) is 11.4 Å². The number of amides is 1. The van der Waals surface area contributed by atoms with Crippen molar-refractivity contribution in [1.29, 1.82) is 0 Å². The van der Waals surface area contributed by atoms with E-state index in [1.54, 1.807) is 17.7 Å². The molecule has 1 unspecified atom stereocenters. The van der Waals surface area contributed by atoms with E-state index < -0.39 is 6.29 Å². The van der Waals surface area contributed by atoms with Crippen molar-refractivity contribution >= 4 is 17.7 Å². The van der Waals surface area contributed by atoms with Gasteiger partial charge in [-0.25, -0.2) is 4.98 Å². The Morgan fingerprint density at radius 1 is 1.48 bits per heavy atom. The van der Waals surface area contributed by atoms with Crippen LogP contribution in [0.1, 0.15) is 19.4 Å². The molecule has 0 bridgehead atoms. The Morgan fingerprint density at radius 2 is 2.17 bits per heavy atom. The van der Waals surface area contributed by atoms with Crippen LogP contribution in [0.5, 0.6) is 0 Å². The van der Waals surface area contributed by atoms with Crippen molar-refractivity contribution < 1.29 is 14.3 Å². The van der Waals surface area contributed by atoms with Gasteiger partial charge in [0.2, 0.25) is 5.91 Å². The van der Waals surface area contributed by atoms with Gasteiger partial charge in [-0.05, 0) is 20.8 Å². The Hall–Kier alpha value is -1.38. The first-order chi connectivity index (χ1) is 11.1. The van der Waals surface area contributed by atoms with E-state index in [4.69, 9.17) is 9.47 Å². The quantitative estimate of drug-likeness (QED) is 0.583. The van der Waals surface area contributed by atoms with Crippen molar-refractivity contribution in [1.82, 2.24) is 14.9 Å². The van der Waals surface area contributed by atoms with Crippen LogP contribution in [0.2, 0.25) is 0 Å². The van der Waals surface area contributed by atoms with E-state index in [1.807, 2.05) is 13.8 Å². The van der Waals surface area contributed by atoms with Crippen molar-refractivity contribution in [2.24, 2.45) is 5.92 Å². The van der Waals surface area contributed by atoms with Gasteiger partial charge in [0, 0.05) is 37.3 Å². The van der Waals surface area contributed by atoms with Gasteiger partial charge in [0.25, 0.3) is 5.56 Å². The van der Waals surface area contributed by atoms with Gasteiger partial charge >= 0.3 is 0 Å². The lowest BCUT2D eigenvalue weighted by Gasteiger charge is -2.25. The highest BCUT2D eigenvalue weighted by atomic mass is 32.2. The fourth-order valence-electron chi connectivity index (χ4n) is 2.33. The van der Waals surface area contributed by atoms with Gasteiger partial charge in [-0.1, -0.05) is 11.8 Å². The molecule has 0 aliphatic carbocycles. The normalized spacial score (nSPS) is 17.1. The Labute approximate surface area is 139 Å². The van der Waals surface area contributed by atoms with E-state index in [9.17, 15) is 9.59 Å².